The Morgan fingerprint density at radius 2 is 0.520 bits per heavy atom. The van der Waals surface area contributed by atoms with Gasteiger partial charge in [0.15, 0.2) is 6.10 Å². The maximum Gasteiger partial charge on any atom is 0.306 e. The Labute approximate surface area is 467 Å². The number of carbonyl (C=O) groups excluding carboxylic acids is 3. The highest BCUT2D eigenvalue weighted by Crippen LogP contribution is 2.18. The standard InChI is InChI=1S/C69H126O6/c1-4-7-10-13-16-19-22-25-28-30-31-32-33-34-35-36-37-38-39-42-44-47-50-53-56-59-62-68(71)74-65-66(64-73-67(70)61-58-55-52-49-46-43-40-27-24-21-18-15-12-9-6-3)75-69(72)63-60-57-54-51-48-45-41-29-26-23-20-17-14-11-8-5-2/h9,12,18,21,27,29,40-41,66H,4-8,10-11,13-17,19-20,22-26,28,30-39,42-65H2,1-3H3/b12-9-,21-18-,40-27-,41-29-. The van der Waals surface area contributed by atoms with Crippen LogP contribution in [0.4, 0.5) is 0 Å². The van der Waals surface area contributed by atoms with Gasteiger partial charge in [0.05, 0.1) is 0 Å². The van der Waals surface area contributed by atoms with Crippen LogP contribution in [0.3, 0.4) is 0 Å². The summed E-state index contributed by atoms with van der Waals surface area (Å²) >= 11 is 0. The first kappa shape index (κ1) is 72.4. The molecule has 1 unspecified atom stereocenters. The molecule has 0 radical (unpaired) electrons. The molecule has 0 fully saturated rings. The lowest BCUT2D eigenvalue weighted by Gasteiger charge is -2.18. The van der Waals surface area contributed by atoms with Gasteiger partial charge in [0.25, 0.3) is 0 Å². The fourth-order valence-corrected chi connectivity index (χ4v) is 9.87. The molecule has 0 heterocycles. The first-order chi connectivity index (χ1) is 37.0. The Morgan fingerprint density at radius 1 is 0.280 bits per heavy atom. The third-order valence-corrected chi connectivity index (χ3v) is 14.8. The summed E-state index contributed by atoms with van der Waals surface area (Å²) in [6.07, 6.45) is 79.9. The van der Waals surface area contributed by atoms with Crippen molar-refractivity contribution in [3.05, 3.63) is 48.6 Å². The normalized spacial score (nSPS) is 12.3. The third-order valence-electron chi connectivity index (χ3n) is 14.8. The SMILES string of the molecule is CC/C=C\C/C=C\C/C=C\CCCCCCCC(=O)OCC(COC(=O)CCCCCCCCCCCCCCCCCCCCCCCCCCCC)OC(=O)CCCCCCC/C=C\CCCCCCCCC. The zero-order valence-electron chi connectivity index (χ0n) is 50.3. The Balaban J connectivity index is 4.25. The molecule has 438 valence electrons. The van der Waals surface area contributed by atoms with E-state index < -0.39 is 6.10 Å². The number of rotatable bonds is 61. The highest BCUT2D eigenvalue weighted by Gasteiger charge is 2.19. The monoisotopic (exact) mass is 1050 g/mol. The molecule has 0 saturated carbocycles. The van der Waals surface area contributed by atoms with Crippen molar-refractivity contribution in [2.75, 3.05) is 13.2 Å². The maximum atomic E-state index is 12.9. The number of esters is 3. The second-order valence-electron chi connectivity index (χ2n) is 22.4. The minimum atomic E-state index is -0.784. The maximum absolute atomic E-state index is 12.9. The van der Waals surface area contributed by atoms with E-state index in [1.54, 1.807) is 0 Å². The van der Waals surface area contributed by atoms with Crippen molar-refractivity contribution in [3.63, 3.8) is 0 Å². The summed E-state index contributed by atoms with van der Waals surface area (Å²) in [5.41, 5.74) is 0. The van der Waals surface area contributed by atoms with Gasteiger partial charge in [-0.25, -0.2) is 0 Å². The fraction of sp³-hybridized carbons (Fsp3) is 0.841. The molecule has 0 aliphatic rings. The number of hydrogen-bond donors (Lipinski definition) is 0. The van der Waals surface area contributed by atoms with E-state index in [2.05, 4.69) is 69.4 Å². The van der Waals surface area contributed by atoms with Crippen LogP contribution in [0, 0.1) is 0 Å². The van der Waals surface area contributed by atoms with E-state index >= 15 is 0 Å². The molecule has 75 heavy (non-hydrogen) atoms. The molecule has 1 atom stereocenters. The highest BCUT2D eigenvalue weighted by atomic mass is 16.6. The van der Waals surface area contributed by atoms with Crippen LogP contribution in [0.25, 0.3) is 0 Å². The topological polar surface area (TPSA) is 78.9 Å². The molecule has 0 amide bonds. The first-order valence-electron chi connectivity index (χ1n) is 33.1. The average Bonchev–Trinajstić information content (AvgIpc) is 3.41. The van der Waals surface area contributed by atoms with Crippen LogP contribution < -0.4 is 0 Å². The smallest absolute Gasteiger partial charge is 0.306 e. The molecule has 0 aromatic heterocycles. The van der Waals surface area contributed by atoms with Gasteiger partial charge in [-0.3, -0.25) is 14.4 Å². The van der Waals surface area contributed by atoms with Gasteiger partial charge in [0.2, 0.25) is 0 Å². The van der Waals surface area contributed by atoms with E-state index in [0.29, 0.717) is 19.3 Å². The number of unbranched alkanes of at least 4 members (excludes halogenated alkanes) is 42. The van der Waals surface area contributed by atoms with E-state index in [1.807, 2.05) is 0 Å². The van der Waals surface area contributed by atoms with Gasteiger partial charge in [-0.2, -0.15) is 0 Å². The molecule has 0 rings (SSSR count). The molecular weight excluding hydrogens is 925 g/mol. The zero-order chi connectivity index (χ0) is 54.3. The molecule has 6 nitrogen and oxygen atoms in total. The number of allylic oxidation sites excluding steroid dienone is 8. The van der Waals surface area contributed by atoms with E-state index in [9.17, 15) is 14.4 Å². The van der Waals surface area contributed by atoms with E-state index in [-0.39, 0.29) is 31.1 Å². The van der Waals surface area contributed by atoms with Crippen LogP contribution in [-0.4, -0.2) is 37.2 Å². The number of hydrogen-bond acceptors (Lipinski definition) is 6. The zero-order valence-corrected chi connectivity index (χ0v) is 50.3. The van der Waals surface area contributed by atoms with Crippen molar-refractivity contribution in [3.8, 4) is 0 Å². The molecule has 0 N–H and O–H groups in total. The van der Waals surface area contributed by atoms with E-state index in [0.717, 1.165) is 109 Å². The summed E-state index contributed by atoms with van der Waals surface area (Å²) in [4.78, 5) is 38.3. The van der Waals surface area contributed by atoms with E-state index in [4.69, 9.17) is 14.2 Å². The van der Waals surface area contributed by atoms with Gasteiger partial charge in [-0.05, 0) is 77.0 Å². The Bertz CT molecular complexity index is 1300. The molecule has 0 aliphatic carbocycles. The molecule has 0 bridgehead atoms. The molecule has 6 heteroatoms. The van der Waals surface area contributed by atoms with Crippen molar-refractivity contribution < 1.29 is 28.6 Å². The molecular formula is C69H126O6. The lowest BCUT2D eigenvalue weighted by atomic mass is 10.0. The van der Waals surface area contributed by atoms with Crippen molar-refractivity contribution in [2.24, 2.45) is 0 Å². The van der Waals surface area contributed by atoms with Crippen LogP contribution in [-0.2, 0) is 28.6 Å². The van der Waals surface area contributed by atoms with Crippen molar-refractivity contribution in [1.29, 1.82) is 0 Å². The quantitative estimate of drug-likeness (QED) is 0.0261. The summed E-state index contributed by atoms with van der Waals surface area (Å²) < 4.78 is 16.9. The number of carbonyl (C=O) groups is 3. The largest absolute Gasteiger partial charge is 0.462 e. The minimum Gasteiger partial charge on any atom is -0.462 e. The van der Waals surface area contributed by atoms with Gasteiger partial charge in [0, 0.05) is 19.3 Å². The minimum absolute atomic E-state index is 0.0785. The summed E-state index contributed by atoms with van der Waals surface area (Å²) in [5, 5.41) is 0. The second kappa shape index (κ2) is 63.9. The summed E-state index contributed by atoms with van der Waals surface area (Å²) in [6, 6.07) is 0. The molecule has 0 aromatic rings. The average molecular weight is 1050 g/mol. The van der Waals surface area contributed by atoms with Gasteiger partial charge in [-0.15, -0.1) is 0 Å². The van der Waals surface area contributed by atoms with Crippen molar-refractivity contribution >= 4 is 17.9 Å². The van der Waals surface area contributed by atoms with Crippen LogP contribution in [0.2, 0.25) is 0 Å². The van der Waals surface area contributed by atoms with Crippen LogP contribution in [0.1, 0.15) is 355 Å². The summed E-state index contributed by atoms with van der Waals surface area (Å²) in [5.74, 6) is -0.883. The molecule has 0 saturated heterocycles. The molecule has 0 spiro atoms. The first-order valence-corrected chi connectivity index (χ1v) is 33.1. The third kappa shape index (κ3) is 62.1. The summed E-state index contributed by atoms with van der Waals surface area (Å²) in [7, 11) is 0. The Kier molecular flexibility index (Phi) is 61.7. The lowest BCUT2D eigenvalue weighted by molar-refractivity contribution is -0.167. The fourth-order valence-electron chi connectivity index (χ4n) is 9.87. The summed E-state index contributed by atoms with van der Waals surface area (Å²) in [6.45, 7) is 6.56. The second-order valence-corrected chi connectivity index (χ2v) is 22.4. The van der Waals surface area contributed by atoms with E-state index in [1.165, 1.54) is 205 Å². The van der Waals surface area contributed by atoms with Crippen molar-refractivity contribution in [2.45, 2.75) is 361 Å². The molecule has 0 aromatic carbocycles. The predicted molar refractivity (Wildman–Crippen MR) is 325 cm³/mol. The highest BCUT2D eigenvalue weighted by molar-refractivity contribution is 5.71. The van der Waals surface area contributed by atoms with Gasteiger partial charge < -0.3 is 14.2 Å². The van der Waals surface area contributed by atoms with Crippen LogP contribution in [0.5, 0.6) is 0 Å². The Hall–Kier alpha value is -2.63. The number of ether oxygens (including phenoxy) is 3. The van der Waals surface area contributed by atoms with Crippen molar-refractivity contribution in [1.82, 2.24) is 0 Å². The van der Waals surface area contributed by atoms with Crippen LogP contribution in [0.15, 0.2) is 48.6 Å². The Morgan fingerprint density at radius 3 is 0.827 bits per heavy atom. The lowest BCUT2D eigenvalue weighted by Crippen LogP contribution is -2.30. The van der Waals surface area contributed by atoms with Gasteiger partial charge >= 0.3 is 17.9 Å². The van der Waals surface area contributed by atoms with Crippen LogP contribution >= 0.6 is 0 Å². The predicted octanol–water partition coefficient (Wildman–Crippen LogP) is 22.6. The van der Waals surface area contributed by atoms with Gasteiger partial charge in [0.1, 0.15) is 13.2 Å². The molecule has 0 aliphatic heterocycles. The van der Waals surface area contributed by atoms with Gasteiger partial charge in [-0.1, -0.05) is 307 Å².